The van der Waals surface area contributed by atoms with E-state index >= 15 is 0 Å². The first-order valence-corrected chi connectivity index (χ1v) is 8.34. The van der Waals surface area contributed by atoms with Gasteiger partial charge < -0.3 is 10.7 Å². The highest BCUT2D eigenvalue weighted by molar-refractivity contribution is 5.89. The third-order valence-corrected chi connectivity index (χ3v) is 5.58. The molecule has 1 aliphatic heterocycles. The van der Waals surface area contributed by atoms with Crippen molar-refractivity contribution in [2.45, 2.75) is 51.1 Å². The number of aromatic amines is 1. The third-order valence-electron chi connectivity index (χ3n) is 5.58. The zero-order valence-electron chi connectivity index (χ0n) is 13.0. The van der Waals surface area contributed by atoms with Crippen LogP contribution >= 0.6 is 0 Å². The summed E-state index contributed by atoms with van der Waals surface area (Å²) in [4.78, 5) is 6.25. The van der Waals surface area contributed by atoms with Gasteiger partial charge in [0.1, 0.15) is 0 Å². The fourth-order valence-corrected chi connectivity index (χ4v) is 4.66. The van der Waals surface area contributed by atoms with Gasteiger partial charge in [0.25, 0.3) is 0 Å². The molecule has 3 heteroatoms. The van der Waals surface area contributed by atoms with Crippen molar-refractivity contribution < 1.29 is 0 Å². The Morgan fingerprint density at radius 2 is 2.19 bits per heavy atom. The van der Waals surface area contributed by atoms with Crippen molar-refractivity contribution in [1.29, 1.82) is 0 Å². The highest BCUT2D eigenvalue weighted by atomic mass is 15.2. The molecule has 4 rings (SSSR count). The summed E-state index contributed by atoms with van der Waals surface area (Å²) in [6.07, 6.45) is 3.41. The molecule has 2 heterocycles. The summed E-state index contributed by atoms with van der Waals surface area (Å²) in [5.41, 5.74) is 12.2. The molecule has 2 aromatic rings. The number of nitrogens with one attached hydrogen (secondary N) is 1. The molecule has 1 saturated heterocycles. The van der Waals surface area contributed by atoms with Gasteiger partial charge in [0.15, 0.2) is 0 Å². The summed E-state index contributed by atoms with van der Waals surface area (Å²) < 4.78 is 0. The van der Waals surface area contributed by atoms with Crippen LogP contribution in [0.25, 0.3) is 10.9 Å². The number of rotatable bonds is 2. The quantitative estimate of drug-likeness (QED) is 0.890. The zero-order valence-corrected chi connectivity index (χ0v) is 13.0. The Bertz CT molecular complexity index is 672. The number of likely N-dealkylation sites (N-methyl/N-ethyl adjacent to an activating group) is 1. The van der Waals surface area contributed by atoms with Crippen LogP contribution in [0, 0.1) is 0 Å². The maximum absolute atomic E-state index is 6.34. The summed E-state index contributed by atoms with van der Waals surface area (Å²) >= 11 is 0. The van der Waals surface area contributed by atoms with E-state index in [1.54, 1.807) is 5.56 Å². The van der Waals surface area contributed by atoms with Gasteiger partial charge in [-0.3, -0.25) is 4.90 Å². The number of fused-ring (bicyclic) bond motifs is 2. The molecule has 0 radical (unpaired) electrons. The lowest BCUT2D eigenvalue weighted by atomic mass is 9.73. The summed E-state index contributed by atoms with van der Waals surface area (Å²) in [6, 6.07) is 7.71. The highest BCUT2D eigenvalue weighted by Crippen LogP contribution is 2.44. The van der Waals surface area contributed by atoms with E-state index in [1.807, 2.05) is 0 Å². The number of piperidine rings is 1. The molecular weight excluding hydrogens is 258 g/mol. The average Bonchev–Trinajstić information content (AvgIpc) is 2.87. The van der Waals surface area contributed by atoms with Crippen molar-refractivity contribution >= 4 is 10.9 Å². The molecule has 1 unspecified atom stereocenters. The van der Waals surface area contributed by atoms with Crippen molar-refractivity contribution in [2.24, 2.45) is 5.73 Å². The number of hydrogen-bond acceptors (Lipinski definition) is 2. The van der Waals surface area contributed by atoms with Crippen LogP contribution in [0.15, 0.2) is 18.2 Å². The van der Waals surface area contributed by atoms with Gasteiger partial charge in [0.2, 0.25) is 0 Å². The number of nitrogens with zero attached hydrogens (tertiary/aromatic N) is 1. The minimum atomic E-state index is 0.313. The van der Waals surface area contributed by atoms with Crippen molar-refractivity contribution in [3.05, 3.63) is 35.0 Å². The Hall–Kier alpha value is -1.32. The molecule has 3 atom stereocenters. The van der Waals surface area contributed by atoms with Crippen molar-refractivity contribution in [1.82, 2.24) is 9.88 Å². The summed E-state index contributed by atoms with van der Waals surface area (Å²) in [6.45, 7) is 6.67. The van der Waals surface area contributed by atoms with Gasteiger partial charge in [0, 0.05) is 41.1 Å². The number of benzene rings is 1. The summed E-state index contributed by atoms with van der Waals surface area (Å²) in [7, 11) is 0. The smallest absolute Gasteiger partial charge is 0.0461 e. The lowest BCUT2D eigenvalue weighted by molar-refractivity contribution is 0.116. The van der Waals surface area contributed by atoms with E-state index in [2.05, 4.69) is 41.9 Å². The number of aryl methyl sites for hydroxylation is 1. The van der Waals surface area contributed by atoms with Crippen LogP contribution in [0.5, 0.6) is 0 Å². The Kier molecular flexibility index (Phi) is 3.09. The molecular formula is C18H25N3. The monoisotopic (exact) mass is 283 g/mol. The Balaban J connectivity index is 1.91. The lowest BCUT2D eigenvalue weighted by Gasteiger charge is -2.46. The zero-order chi connectivity index (χ0) is 14.6. The molecule has 0 spiro atoms. The number of H-pyrrole nitrogens is 1. The second-order valence-corrected chi connectivity index (χ2v) is 6.67. The molecule has 3 nitrogen and oxygen atoms in total. The molecule has 2 aliphatic rings. The van der Waals surface area contributed by atoms with Crippen LogP contribution in [0.2, 0.25) is 0 Å². The minimum Gasteiger partial charge on any atom is -0.358 e. The van der Waals surface area contributed by atoms with E-state index in [-0.39, 0.29) is 0 Å². The molecule has 1 aromatic heterocycles. The SMILES string of the molecule is CCc1[nH]c2cccc3c2c1C[C@@H]1[C@@H]3CC(N)CN1CC. The molecule has 0 amide bonds. The number of likely N-dealkylation sites (tertiary alicyclic amines) is 1. The summed E-state index contributed by atoms with van der Waals surface area (Å²) in [5, 5.41) is 1.50. The van der Waals surface area contributed by atoms with E-state index in [9.17, 15) is 0 Å². The molecule has 3 N–H and O–H groups in total. The first-order valence-electron chi connectivity index (χ1n) is 8.34. The van der Waals surface area contributed by atoms with E-state index in [0.717, 1.165) is 25.9 Å². The minimum absolute atomic E-state index is 0.313. The predicted molar refractivity (Wildman–Crippen MR) is 87.7 cm³/mol. The molecule has 0 saturated carbocycles. The van der Waals surface area contributed by atoms with Gasteiger partial charge in [-0.1, -0.05) is 26.0 Å². The van der Waals surface area contributed by atoms with Gasteiger partial charge in [-0.15, -0.1) is 0 Å². The Morgan fingerprint density at radius 1 is 1.33 bits per heavy atom. The lowest BCUT2D eigenvalue weighted by Crippen LogP contribution is -2.53. The Morgan fingerprint density at radius 3 is 2.95 bits per heavy atom. The topological polar surface area (TPSA) is 45.1 Å². The number of hydrogen-bond donors (Lipinski definition) is 2. The highest BCUT2D eigenvalue weighted by Gasteiger charge is 2.39. The van der Waals surface area contributed by atoms with Gasteiger partial charge in [0.05, 0.1) is 0 Å². The molecule has 1 aromatic carbocycles. The van der Waals surface area contributed by atoms with Crippen LogP contribution in [0.3, 0.4) is 0 Å². The molecule has 0 bridgehead atoms. The van der Waals surface area contributed by atoms with Crippen molar-refractivity contribution in [3.8, 4) is 0 Å². The summed E-state index contributed by atoms with van der Waals surface area (Å²) in [5.74, 6) is 0.602. The van der Waals surface area contributed by atoms with Crippen LogP contribution in [-0.2, 0) is 12.8 Å². The van der Waals surface area contributed by atoms with E-state index in [0.29, 0.717) is 18.0 Å². The van der Waals surface area contributed by atoms with Crippen LogP contribution in [-0.4, -0.2) is 35.1 Å². The van der Waals surface area contributed by atoms with Crippen LogP contribution < -0.4 is 5.73 Å². The van der Waals surface area contributed by atoms with Crippen molar-refractivity contribution in [2.75, 3.05) is 13.1 Å². The van der Waals surface area contributed by atoms with Gasteiger partial charge in [-0.05, 0) is 43.0 Å². The fraction of sp³-hybridized carbons (Fsp3) is 0.556. The fourth-order valence-electron chi connectivity index (χ4n) is 4.66. The van der Waals surface area contributed by atoms with Crippen LogP contribution in [0.4, 0.5) is 0 Å². The normalized spacial score (nSPS) is 28.8. The third kappa shape index (κ3) is 1.87. The van der Waals surface area contributed by atoms with E-state index in [4.69, 9.17) is 5.73 Å². The molecule has 1 aliphatic carbocycles. The molecule has 1 fully saturated rings. The van der Waals surface area contributed by atoms with E-state index in [1.165, 1.54) is 28.6 Å². The van der Waals surface area contributed by atoms with Gasteiger partial charge in [-0.25, -0.2) is 0 Å². The van der Waals surface area contributed by atoms with Crippen LogP contribution in [0.1, 0.15) is 43.0 Å². The van der Waals surface area contributed by atoms with E-state index < -0.39 is 0 Å². The standard InChI is InChI=1S/C18H25N3/c1-3-15-14-9-17-13(8-11(19)10-21(17)4-2)12-6-5-7-16(20-15)18(12)14/h5-7,11,13,17,20H,3-4,8-10,19H2,1-2H3/t11?,13-,17-/m1/s1. The number of aromatic nitrogens is 1. The largest absolute Gasteiger partial charge is 0.358 e. The molecule has 112 valence electrons. The predicted octanol–water partition coefficient (Wildman–Crippen LogP) is 2.79. The maximum atomic E-state index is 6.34. The van der Waals surface area contributed by atoms with Gasteiger partial charge in [-0.2, -0.15) is 0 Å². The first kappa shape index (κ1) is 13.4. The van der Waals surface area contributed by atoms with Gasteiger partial charge >= 0.3 is 0 Å². The second-order valence-electron chi connectivity index (χ2n) is 6.67. The maximum Gasteiger partial charge on any atom is 0.0461 e. The Labute approximate surface area is 126 Å². The molecule has 21 heavy (non-hydrogen) atoms. The van der Waals surface area contributed by atoms with Crippen molar-refractivity contribution in [3.63, 3.8) is 0 Å². The average molecular weight is 283 g/mol. The first-order chi connectivity index (χ1) is 10.2. The second kappa shape index (κ2) is 4.85. The number of nitrogens with two attached hydrogens (primary N) is 1.